The molecule has 0 radical (unpaired) electrons. The smallest absolute Gasteiger partial charge is 0.137 e. The Labute approximate surface area is 217 Å². The number of Topliss-reactive ketones (excluding diaryl/α,β-unsaturated/α-hetero) is 1. The number of rotatable bonds is 14. The van der Waals surface area contributed by atoms with Gasteiger partial charge in [-0.25, -0.2) is 0 Å². The molecule has 2 unspecified atom stereocenters. The lowest BCUT2D eigenvalue weighted by Gasteiger charge is -2.54. The van der Waals surface area contributed by atoms with E-state index >= 15 is 0 Å². The Kier molecular flexibility index (Phi) is 9.44. The standard InChI is InChI=1S/C31H44N2O3/c1-4-6-7-8-9-10-11-12-13-30(34)27-21-33-20-22(5-2)25(27)19-29(33)31(35)24-16-17-32-28-15-14-23(36-3)18-26(24)28/h4-5,14-16,18,22,25,27,29,31-32,35H,1-2,6-13,17,19-21H2,3H3/t22-,25+,27?,29+,31-/m0/s1. The van der Waals surface area contributed by atoms with E-state index in [2.05, 4.69) is 29.5 Å². The zero-order valence-corrected chi connectivity index (χ0v) is 22.0. The summed E-state index contributed by atoms with van der Waals surface area (Å²) in [4.78, 5) is 15.6. The molecule has 4 heterocycles. The molecule has 3 fully saturated rings. The fourth-order valence-corrected chi connectivity index (χ4v) is 6.52. The first-order chi connectivity index (χ1) is 17.6. The van der Waals surface area contributed by atoms with Crippen LogP contribution in [0.15, 0.2) is 49.6 Å². The SMILES string of the molecule is C=CCCCCCCCCC(=O)C1CN2C[C@H](C=C)[C@H]1C[C@@H]2[C@@H](O)C1=CCNc2ccc(OC)cc21. The lowest BCUT2D eigenvalue weighted by molar-refractivity contribution is -0.135. The monoisotopic (exact) mass is 492 g/mol. The number of hydrogen-bond acceptors (Lipinski definition) is 5. The third-order valence-electron chi connectivity index (χ3n) is 8.56. The third-order valence-corrected chi connectivity index (χ3v) is 8.56. The second kappa shape index (κ2) is 12.7. The average molecular weight is 493 g/mol. The van der Waals surface area contributed by atoms with Gasteiger partial charge in [0.25, 0.3) is 0 Å². The Balaban J connectivity index is 1.36. The van der Waals surface area contributed by atoms with Crippen molar-refractivity contribution < 1.29 is 14.6 Å². The van der Waals surface area contributed by atoms with Gasteiger partial charge < -0.3 is 15.2 Å². The number of piperidine rings is 3. The summed E-state index contributed by atoms with van der Waals surface area (Å²) in [7, 11) is 1.67. The van der Waals surface area contributed by atoms with Crippen LogP contribution in [0, 0.1) is 17.8 Å². The van der Waals surface area contributed by atoms with Crippen molar-refractivity contribution >= 4 is 17.0 Å². The lowest BCUT2D eigenvalue weighted by atomic mass is 9.66. The number of aliphatic hydroxyl groups excluding tert-OH is 1. The molecule has 0 aromatic heterocycles. The molecule has 2 N–H and O–H groups in total. The highest BCUT2D eigenvalue weighted by Crippen LogP contribution is 2.45. The zero-order chi connectivity index (χ0) is 25.5. The highest BCUT2D eigenvalue weighted by molar-refractivity contribution is 5.83. The number of aliphatic hydroxyl groups is 1. The molecule has 4 aliphatic heterocycles. The van der Waals surface area contributed by atoms with Crippen molar-refractivity contribution in [2.75, 3.05) is 32.1 Å². The molecule has 4 aliphatic rings. The summed E-state index contributed by atoms with van der Waals surface area (Å²) in [6, 6.07) is 5.99. The van der Waals surface area contributed by atoms with Crippen LogP contribution in [0.2, 0.25) is 0 Å². The summed E-state index contributed by atoms with van der Waals surface area (Å²) < 4.78 is 5.44. The number of nitrogens with zero attached hydrogens (tertiary/aromatic N) is 1. The van der Waals surface area contributed by atoms with Crippen LogP contribution >= 0.6 is 0 Å². The predicted octanol–water partition coefficient (Wildman–Crippen LogP) is 5.86. The molecule has 36 heavy (non-hydrogen) atoms. The van der Waals surface area contributed by atoms with Gasteiger partial charge in [0.15, 0.2) is 0 Å². The van der Waals surface area contributed by atoms with Gasteiger partial charge in [-0.1, -0.05) is 43.9 Å². The molecule has 2 bridgehead atoms. The summed E-state index contributed by atoms with van der Waals surface area (Å²) >= 11 is 0. The van der Waals surface area contributed by atoms with Crippen LogP contribution in [0.1, 0.15) is 63.4 Å². The fraction of sp³-hybridized carbons (Fsp3) is 0.581. The normalized spacial score (nSPS) is 27.4. The largest absolute Gasteiger partial charge is 0.497 e. The Morgan fingerprint density at radius 3 is 2.69 bits per heavy atom. The first-order valence-corrected chi connectivity index (χ1v) is 13.9. The zero-order valence-electron chi connectivity index (χ0n) is 22.0. The topological polar surface area (TPSA) is 61.8 Å². The quantitative estimate of drug-likeness (QED) is 0.251. The number of carbonyl (C=O) groups excluding carboxylic acids is 1. The van der Waals surface area contributed by atoms with Gasteiger partial charge in [-0.05, 0) is 61.3 Å². The number of ketones is 1. The van der Waals surface area contributed by atoms with Crippen LogP contribution in [0.4, 0.5) is 5.69 Å². The average Bonchev–Trinajstić information content (AvgIpc) is 2.92. The number of carbonyl (C=O) groups is 1. The van der Waals surface area contributed by atoms with Crippen molar-refractivity contribution in [2.24, 2.45) is 17.8 Å². The molecule has 0 saturated carbocycles. The van der Waals surface area contributed by atoms with Crippen LogP contribution < -0.4 is 10.1 Å². The minimum atomic E-state index is -0.594. The van der Waals surface area contributed by atoms with E-state index < -0.39 is 6.10 Å². The van der Waals surface area contributed by atoms with E-state index in [0.29, 0.717) is 24.7 Å². The van der Waals surface area contributed by atoms with Gasteiger partial charge in [-0.2, -0.15) is 0 Å². The number of unbranched alkanes of at least 4 members (excludes halogenated alkanes) is 6. The minimum absolute atomic E-state index is 0.0224. The molecule has 1 aromatic carbocycles. The van der Waals surface area contributed by atoms with Crippen molar-refractivity contribution in [3.63, 3.8) is 0 Å². The summed E-state index contributed by atoms with van der Waals surface area (Å²) in [5.41, 5.74) is 3.00. The predicted molar refractivity (Wildman–Crippen MR) is 148 cm³/mol. The fourth-order valence-electron chi connectivity index (χ4n) is 6.52. The first kappa shape index (κ1) is 26.7. The van der Waals surface area contributed by atoms with E-state index in [9.17, 15) is 9.90 Å². The molecule has 0 amide bonds. The van der Waals surface area contributed by atoms with Gasteiger partial charge in [0.1, 0.15) is 11.5 Å². The second-order valence-corrected chi connectivity index (χ2v) is 10.7. The maximum Gasteiger partial charge on any atom is 0.137 e. The van der Waals surface area contributed by atoms with Crippen molar-refractivity contribution in [3.8, 4) is 5.75 Å². The number of ether oxygens (including phenoxy) is 1. The van der Waals surface area contributed by atoms with Crippen LogP contribution in [-0.2, 0) is 4.79 Å². The number of benzene rings is 1. The number of anilines is 1. The Hall–Kier alpha value is -2.37. The van der Waals surface area contributed by atoms with Crippen molar-refractivity contribution in [3.05, 3.63) is 55.1 Å². The number of allylic oxidation sites excluding steroid dienone is 1. The molecular formula is C31H44N2O3. The molecule has 5 rings (SSSR count). The summed E-state index contributed by atoms with van der Waals surface area (Å²) in [5.74, 6) is 1.84. The van der Waals surface area contributed by atoms with Gasteiger partial charge in [-0.3, -0.25) is 9.69 Å². The minimum Gasteiger partial charge on any atom is -0.497 e. The molecule has 0 aliphatic carbocycles. The second-order valence-electron chi connectivity index (χ2n) is 10.7. The molecule has 5 heteroatoms. The van der Waals surface area contributed by atoms with Gasteiger partial charge in [0.05, 0.1) is 13.2 Å². The molecule has 5 nitrogen and oxygen atoms in total. The van der Waals surface area contributed by atoms with E-state index in [1.54, 1.807) is 7.11 Å². The molecule has 3 saturated heterocycles. The molecule has 0 spiro atoms. The van der Waals surface area contributed by atoms with Gasteiger partial charge in [-0.15, -0.1) is 13.2 Å². The van der Waals surface area contributed by atoms with Crippen LogP contribution in [0.25, 0.3) is 5.57 Å². The van der Waals surface area contributed by atoms with Crippen molar-refractivity contribution in [2.45, 2.75) is 69.9 Å². The molecular weight excluding hydrogens is 448 g/mol. The van der Waals surface area contributed by atoms with E-state index in [1.807, 2.05) is 30.4 Å². The number of fused-ring (bicyclic) bond motifs is 4. The van der Waals surface area contributed by atoms with E-state index in [0.717, 1.165) is 61.3 Å². The third kappa shape index (κ3) is 5.95. The van der Waals surface area contributed by atoms with Crippen molar-refractivity contribution in [1.82, 2.24) is 4.90 Å². The first-order valence-electron chi connectivity index (χ1n) is 13.9. The van der Waals surface area contributed by atoms with Gasteiger partial charge in [0, 0.05) is 49.3 Å². The maximum atomic E-state index is 13.3. The molecule has 6 atom stereocenters. The van der Waals surface area contributed by atoms with Crippen molar-refractivity contribution in [1.29, 1.82) is 0 Å². The Morgan fingerprint density at radius 1 is 1.19 bits per heavy atom. The van der Waals surface area contributed by atoms with Gasteiger partial charge >= 0.3 is 0 Å². The van der Waals surface area contributed by atoms with E-state index in [4.69, 9.17) is 4.74 Å². The Bertz CT molecular complexity index is 955. The van der Waals surface area contributed by atoms with Gasteiger partial charge in [0.2, 0.25) is 0 Å². The molecule has 1 aromatic rings. The number of nitrogens with one attached hydrogen (secondary N) is 1. The van der Waals surface area contributed by atoms with E-state index in [1.165, 1.54) is 25.7 Å². The van der Waals surface area contributed by atoms with Crippen LogP contribution in [0.3, 0.4) is 0 Å². The lowest BCUT2D eigenvalue weighted by Crippen LogP contribution is -2.62. The summed E-state index contributed by atoms with van der Waals surface area (Å²) in [6.07, 6.45) is 15.2. The van der Waals surface area contributed by atoms with Crippen LogP contribution in [0.5, 0.6) is 5.75 Å². The Morgan fingerprint density at radius 2 is 1.97 bits per heavy atom. The van der Waals surface area contributed by atoms with E-state index in [-0.39, 0.29) is 17.9 Å². The highest BCUT2D eigenvalue weighted by Gasteiger charge is 2.49. The summed E-state index contributed by atoms with van der Waals surface area (Å²) in [6.45, 7) is 10.2. The highest BCUT2D eigenvalue weighted by atomic mass is 16.5. The maximum absolute atomic E-state index is 13.3. The van der Waals surface area contributed by atoms with Crippen LogP contribution in [-0.4, -0.2) is 54.7 Å². The summed E-state index contributed by atoms with van der Waals surface area (Å²) in [5, 5.41) is 15.0. The number of methoxy groups -OCH3 is 1. The molecule has 196 valence electrons. The number of hydrogen-bond donors (Lipinski definition) is 2.